The monoisotopic (exact) mass is 321 g/mol. The van der Waals surface area contributed by atoms with Crippen molar-refractivity contribution in [2.75, 3.05) is 13.7 Å². The molecule has 2 atom stereocenters. The van der Waals surface area contributed by atoms with Crippen molar-refractivity contribution >= 4 is 10.0 Å². The van der Waals surface area contributed by atoms with Crippen molar-refractivity contribution < 1.29 is 21.9 Å². The standard InChI is InChI=1S/C14H21F2NO3S/c1-10(17-21(18,19)11(2)9-20-3)4-5-12-6-7-13(15)14(16)8-12/h6-8,10-11,17H,4-5,9H2,1-3H3/t10-,11-/m0/s1. The first kappa shape index (κ1) is 18.0. The van der Waals surface area contributed by atoms with Gasteiger partial charge in [-0.1, -0.05) is 6.07 Å². The molecular weight excluding hydrogens is 300 g/mol. The predicted molar refractivity (Wildman–Crippen MR) is 77.5 cm³/mol. The molecule has 1 aromatic carbocycles. The molecule has 1 aromatic rings. The molecule has 0 fully saturated rings. The molecule has 0 aliphatic heterocycles. The van der Waals surface area contributed by atoms with Gasteiger partial charge in [0.1, 0.15) is 0 Å². The second kappa shape index (κ2) is 7.82. The van der Waals surface area contributed by atoms with Crippen molar-refractivity contribution in [1.82, 2.24) is 4.72 Å². The summed E-state index contributed by atoms with van der Waals surface area (Å²) in [4.78, 5) is 0. The second-order valence-corrected chi connectivity index (χ2v) is 7.25. The summed E-state index contributed by atoms with van der Waals surface area (Å²) in [6.07, 6.45) is 0.948. The number of ether oxygens (including phenoxy) is 1. The van der Waals surface area contributed by atoms with Crippen LogP contribution in [0.1, 0.15) is 25.8 Å². The van der Waals surface area contributed by atoms with Crippen LogP contribution in [0.3, 0.4) is 0 Å². The van der Waals surface area contributed by atoms with Gasteiger partial charge in [-0.25, -0.2) is 21.9 Å². The van der Waals surface area contributed by atoms with E-state index in [1.54, 1.807) is 13.8 Å². The number of halogens is 2. The third kappa shape index (κ3) is 5.68. The Kier molecular flexibility index (Phi) is 6.70. The van der Waals surface area contributed by atoms with Gasteiger partial charge in [-0.15, -0.1) is 0 Å². The number of nitrogens with one attached hydrogen (secondary N) is 1. The topological polar surface area (TPSA) is 55.4 Å². The third-order valence-corrected chi connectivity index (χ3v) is 5.07. The summed E-state index contributed by atoms with van der Waals surface area (Å²) in [7, 11) is -2.01. The largest absolute Gasteiger partial charge is 0.383 e. The van der Waals surface area contributed by atoms with Crippen LogP contribution in [-0.2, 0) is 21.2 Å². The lowest BCUT2D eigenvalue weighted by molar-refractivity contribution is 0.200. The van der Waals surface area contributed by atoms with Crippen LogP contribution in [0, 0.1) is 11.6 Å². The second-order valence-electron chi connectivity index (χ2n) is 5.12. The molecule has 0 heterocycles. The summed E-state index contributed by atoms with van der Waals surface area (Å²) < 4.78 is 57.1. The van der Waals surface area contributed by atoms with Crippen molar-refractivity contribution in [3.8, 4) is 0 Å². The molecule has 0 aliphatic rings. The fraction of sp³-hybridized carbons (Fsp3) is 0.571. The Hall–Kier alpha value is -1.05. The van der Waals surface area contributed by atoms with E-state index in [4.69, 9.17) is 4.74 Å². The van der Waals surface area contributed by atoms with Crippen LogP contribution in [0.2, 0.25) is 0 Å². The van der Waals surface area contributed by atoms with E-state index in [-0.39, 0.29) is 12.6 Å². The summed E-state index contributed by atoms with van der Waals surface area (Å²) in [5.74, 6) is -1.78. The Balaban J connectivity index is 2.54. The molecule has 0 unspecified atom stereocenters. The molecule has 0 saturated carbocycles. The van der Waals surface area contributed by atoms with Gasteiger partial charge < -0.3 is 4.74 Å². The average Bonchev–Trinajstić information content (AvgIpc) is 2.40. The lowest BCUT2D eigenvalue weighted by Crippen LogP contribution is -2.40. The average molecular weight is 321 g/mol. The molecule has 0 saturated heterocycles. The molecule has 0 bridgehead atoms. The van der Waals surface area contributed by atoms with Gasteiger partial charge in [0, 0.05) is 13.2 Å². The molecule has 120 valence electrons. The van der Waals surface area contributed by atoms with Crippen LogP contribution in [0.25, 0.3) is 0 Å². The summed E-state index contributed by atoms with van der Waals surface area (Å²) in [6, 6.07) is 3.39. The molecule has 7 heteroatoms. The third-order valence-electron chi connectivity index (χ3n) is 3.15. The molecular formula is C14H21F2NO3S. The Labute approximate surface area is 124 Å². The molecule has 0 aromatic heterocycles. The van der Waals surface area contributed by atoms with Crippen LogP contribution >= 0.6 is 0 Å². The van der Waals surface area contributed by atoms with Gasteiger partial charge in [-0.05, 0) is 44.4 Å². The van der Waals surface area contributed by atoms with Crippen LogP contribution in [-0.4, -0.2) is 33.4 Å². The molecule has 1 rings (SSSR count). The number of aryl methyl sites for hydroxylation is 1. The number of benzene rings is 1. The van der Waals surface area contributed by atoms with Gasteiger partial charge in [-0.3, -0.25) is 0 Å². The molecule has 0 radical (unpaired) electrons. The highest BCUT2D eigenvalue weighted by molar-refractivity contribution is 7.90. The van der Waals surface area contributed by atoms with Gasteiger partial charge in [0.25, 0.3) is 0 Å². The lowest BCUT2D eigenvalue weighted by atomic mass is 10.1. The number of hydrogen-bond donors (Lipinski definition) is 1. The Morgan fingerprint density at radius 2 is 1.90 bits per heavy atom. The predicted octanol–water partition coefficient (Wildman–Crippen LogP) is 2.24. The van der Waals surface area contributed by atoms with Crippen LogP contribution in [0.15, 0.2) is 18.2 Å². The number of rotatable bonds is 8. The summed E-state index contributed by atoms with van der Waals surface area (Å²) in [6.45, 7) is 3.41. The van der Waals surface area contributed by atoms with E-state index < -0.39 is 26.9 Å². The van der Waals surface area contributed by atoms with Crippen LogP contribution in [0.5, 0.6) is 0 Å². The lowest BCUT2D eigenvalue weighted by Gasteiger charge is -2.18. The van der Waals surface area contributed by atoms with E-state index in [0.29, 0.717) is 18.4 Å². The van der Waals surface area contributed by atoms with E-state index in [1.807, 2.05) is 0 Å². The maximum absolute atomic E-state index is 13.1. The number of sulfonamides is 1. The normalized spacial score (nSPS) is 14.9. The molecule has 0 amide bonds. The van der Waals surface area contributed by atoms with Crippen LogP contribution in [0.4, 0.5) is 8.78 Å². The van der Waals surface area contributed by atoms with Crippen molar-refractivity contribution in [1.29, 1.82) is 0 Å². The van der Waals surface area contributed by atoms with Gasteiger partial charge in [-0.2, -0.15) is 0 Å². The minimum Gasteiger partial charge on any atom is -0.383 e. The van der Waals surface area contributed by atoms with Gasteiger partial charge in [0.2, 0.25) is 10.0 Å². The van der Waals surface area contributed by atoms with Crippen molar-refractivity contribution in [2.45, 2.75) is 38.0 Å². The summed E-state index contributed by atoms with van der Waals surface area (Å²) in [5, 5.41) is -0.645. The van der Waals surface area contributed by atoms with Crippen molar-refractivity contribution in [3.05, 3.63) is 35.4 Å². The molecule has 0 aliphatic carbocycles. The minimum absolute atomic E-state index is 0.116. The number of hydrogen-bond acceptors (Lipinski definition) is 3. The smallest absolute Gasteiger partial charge is 0.216 e. The summed E-state index contributed by atoms with van der Waals surface area (Å²) in [5.41, 5.74) is 0.630. The van der Waals surface area contributed by atoms with E-state index in [9.17, 15) is 17.2 Å². The van der Waals surface area contributed by atoms with Gasteiger partial charge in [0.15, 0.2) is 11.6 Å². The zero-order valence-electron chi connectivity index (χ0n) is 12.4. The first-order valence-corrected chi connectivity index (χ1v) is 8.25. The zero-order valence-corrected chi connectivity index (χ0v) is 13.2. The first-order chi connectivity index (χ1) is 9.76. The maximum atomic E-state index is 13.1. The van der Waals surface area contributed by atoms with E-state index in [1.165, 1.54) is 13.2 Å². The van der Waals surface area contributed by atoms with Gasteiger partial charge >= 0.3 is 0 Å². The van der Waals surface area contributed by atoms with E-state index in [0.717, 1.165) is 12.1 Å². The summed E-state index contributed by atoms with van der Waals surface area (Å²) >= 11 is 0. The minimum atomic E-state index is -3.45. The molecule has 1 N–H and O–H groups in total. The van der Waals surface area contributed by atoms with Crippen LogP contribution < -0.4 is 4.72 Å². The maximum Gasteiger partial charge on any atom is 0.216 e. The fourth-order valence-electron chi connectivity index (χ4n) is 1.86. The highest BCUT2D eigenvalue weighted by Crippen LogP contribution is 2.12. The van der Waals surface area contributed by atoms with Gasteiger partial charge in [0.05, 0.1) is 11.9 Å². The number of methoxy groups -OCH3 is 1. The molecule has 21 heavy (non-hydrogen) atoms. The van der Waals surface area contributed by atoms with Crippen molar-refractivity contribution in [2.24, 2.45) is 0 Å². The fourth-order valence-corrected chi connectivity index (χ4v) is 3.08. The SMILES string of the molecule is COC[C@H](C)S(=O)(=O)N[C@@H](C)CCc1ccc(F)c(F)c1. The molecule has 0 spiro atoms. The van der Waals surface area contributed by atoms with E-state index in [2.05, 4.69) is 4.72 Å². The van der Waals surface area contributed by atoms with Crippen molar-refractivity contribution in [3.63, 3.8) is 0 Å². The zero-order chi connectivity index (χ0) is 16.0. The van der Waals surface area contributed by atoms with E-state index >= 15 is 0 Å². The highest BCUT2D eigenvalue weighted by atomic mass is 32.2. The highest BCUT2D eigenvalue weighted by Gasteiger charge is 2.22. The first-order valence-electron chi connectivity index (χ1n) is 6.70. The Morgan fingerprint density at radius 3 is 2.48 bits per heavy atom. The Morgan fingerprint density at radius 1 is 1.24 bits per heavy atom. The molecule has 4 nitrogen and oxygen atoms in total. The Bertz CT molecular complexity index is 563. The quantitative estimate of drug-likeness (QED) is 0.799.